The van der Waals surface area contributed by atoms with Crippen molar-refractivity contribution >= 4 is 17.3 Å². The second-order valence-corrected chi connectivity index (χ2v) is 3.92. The summed E-state index contributed by atoms with van der Waals surface area (Å²) >= 11 is 1.77. The van der Waals surface area contributed by atoms with Crippen LogP contribution < -0.4 is 10.6 Å². The van der Waals surface area contributed by atoms with Crippen LogP contribution in [0.1, 0.15) is 4.88 Å². The second kappa shape index (κ2) is 6.91. The van der Waals surface area contributed by atoms with E-state index >= 15 is 0 Å². The minimum absolute atomic E-state index is 0.499. The fourth-order valence-electron chi connectivity index (χ4n) is 1.11. The van der Waals surface area contributed by atoms with Gasteiger partial charge in [0.2, 0.25) is 0 Å². The highest BCUT2D eigenvalue weighted by Crippen LogP contribution is 2.07. The molecule has 80 valence electrons. The molecule has 0 saturated heterocycles. The van der Waals surface area contributed by atoms with Crippen LogP contribution in [0.2, 0.25) is 0 Å². The van der Waals surface area contributed by atoms with E-state index in [9.17, 15) is 0 Å². The molecule has 3 nitrogen and oxygen atoms in total. The highest BCUT2D eigenvalue weighted by Gasteiger charge is 1.96. The molecule has 0 aromatic carbocycles. The number of hydrogen-bond acceptors (Lipinski definition) is 2. The van der Waals surface area contributed by atoms with Crippen molar-refractivity contribution in [3.05, 3.63) is 22.4 Å². The van der Waals surface area contributed by atoms with Gasteiger partial charge in [0.25, 0.3) is 0 Å². The number of nitrogens with zero attached hydrogens (tertiary/aromatic N) is 1. The van der Waals surface area contributed by atoms with Crippen molar-refractivity contribution < 1.29 is 0 Å². The minimum atomic E-state index is 0.499. The van der Waals surface area contributed by atoms with Gasteiger partial charge in [-0.3, -0.25) is 4.99 Å². The van der Waals surface area contributed by atoms with Gasteiger partial charge in [-0.15, -0.1) is 17.8 Å². The molecule has 2 N–H and O–H groups in total. The summed E-state index contributed by atoms with van der Waals surface area (Å²) in [5.74, 6) is 3.26. The molecule has 0 aliphatic rings. The maximum atomic E-state index is 5.14. The van der Waals surface area contributed by atoms with E-state index in [-0.39, 0.29) is 0 Å². The molecule has 15 heavy (non-hydrogen) atoms. The maximum Gasteiger partial charge on any atom is 0.191 e. The van der Waals surface area contributed by atoms with Crippen LogP contribution >= 0.6 is 11.3 Å². The molecular weight excluding hydrogens is 206 g/mol. The van der Waals surface area contributed by atoms with Crippen LogP contribution in [0.4, 0.5) is 0 Å². The Bertz CT molecular complexity index is 335. The van der Waals surface area contributed by atoms with Crippen molar-refractivity contribution in [3.63, 3.8) is 0 Å². The Morgan fingerprint density at radius 3 is 3.07 bits per heavy atom. The fraction of sp³-hybridized carbons (Fsp3) is 0.364. The SMILES string of the molecule is C#CCNC(=NC)NCCc1cccs1. The van der Waals surface area contributed by atoms with E-state index in [4.69, 9.17) is 6.42 Å². The van der Waals surface area contributed by atoms with E-state index in [0.717, 1.165) is 18.9 Å². The highest BCUT2D eigenvalue weighted by atomic mass is 32.1. The zero-order valence-electron chi connectivity index (χ0n) is 8.79. The Morgan fingerprint density at radius 2 is 2.47 bits per heavy atom. The van der Waals surface area contributed by atoms with Gasteiger partial charge in [-0.25, -0.2) is 0 Å². The fourth-order valence-corrected chi connectivity index (χ4v) is 1.82. The van der Waals surface area contributed by atoms with Gasteiger partial charge >= 0.3 is 0 Å². The van der Waals surface area contributed by atoms with Crippen LogP contribution in [0.25, 0.3) is 0 Å². The summed E-state index contributed by atoms with van der Waals surface area (Å²) in [5.41, 5.74) is 0. The number of thiophene rings is 1. The molecule has 0 unspecified atom stereocenters. The summed E-state index contributed by atoms with van der Waals surface area (Å²) in [7, 11) is 1.73. The third kappa shape index (κ3) is 4.52. The number of guanidine groups is 1. The van der Waals surface area contributed by atoms with Crippen molar-refractivity contribution in [2.45, 2.75) is 6.42 Å². The van der Waals surface area contributed by atoms with Gasteiger partial charge in [0, 0.05) is 18.5 Å². The van der Waals surface area contributed by atoms with Crippen molar-refractivity contribution in [2.24, 2.45) is 4.99 Å². The van der Waals surface area contributed by atoms with E-state index in [0.29, 0.717) is 6.54 Å². The summed E-state index contributed by atoms with van der Waals surface area (Å²) in [6.07, 6.45) is 6.15. The third-order valence-corrected chi connectivity index (χ3v) is 2.76. The largest absolute Gasteiger partial charge is 0.356 e. The van der Waals surface area contributed by atoms with Crippen LogP contribution in [0.3, 0.4) is 0 Å². The zero-order valence-corrected chi connectivity index (χ0v) is 9.60. The van der Waals surface area contributed by atoms with Crippen molar-refractivity contribution in [2.75, 3.05) is 20.1 Å². The predicted molar refractivity (Wildman–Crippen MR) is 66.2 cm³/mol. The molecule has 0 fully saturated rings. The summed E-state index contributed by atoms with van der Waals surface area (Å²) in [6.45, 7) is 1.36. The quantitative estimate of drug-likeness (QED) is 0.453. The lowest BCUT2D eigenvalue weighted by Gasteiger charge is -2.08. The Balaban J connectivity index is 2.21. The average Bonchev–Trinajstić information content (AvgIpc) is 2.76. The van der Waals surface area contributed by atoms with E-state index in [1.54, 1.807) is 18.4 Å². The van der Waals surface area contributed by atoms with Crippen molar-refractivity contribution in [1.29, 1.82) is 0 Å². The van der Waals surface area contributed by atoms with Gasteiger partial charge in [0.1, 0.15) is 0 Å². The lowest BCUT2D eigenvalue weighted by atomic mass is 10.3. The predicted octanol–water partition coefficient (Wildman–Crippen LogP) is 1.09. The standard InChI is InChI=1S/C11H15N3S/c1-3-7-13-11(12-2)14-8-6-10-5-4-9-15-10/h1,4-5,9H,6-8H2,2H3,(H2,12,13,14). The average molecular weight is 221 g/mol. The van der Waals surface area contributed by atoms with Gasteiger partial charge < -0.3 is 10.6 Å². The van der Waals surface area contributed by atoms with Gasteiger partial charge in [0.05, 0.1) is 6.54 Å². The van der Waals surface area contributed by atoms with Crippen LogP contribution in [0.15, 0.2) is 22.5 Å². The van der Waals surface area contributed by atoms with Gasteiger partial charge in [-0.1, -0.05) is 12.0 Å². The molecule has 0 atom stereocenters. The number of hydrogen-bond donors (Lipinski definition) is 2. The first-order chi connectivity index (χ1) is 7.36. The van der Waals surface area contributed by atoms with Crippen molar-refractivity contribution in [3.8, 4) is 12.3 Å². The number of rotatable bonds is 4. The van der Waals surface area contributed by atoms with E-state index in [2.05, 4.69) is 39.1 Å². The van der Waals surface area contributed by atoms with Crippen LogP contribution in [0.5, 0.6) is 0 Å². The highest BCUT2D eigenvalue weighted by molar-refractivity contribution is 7.09. The lowest BCUT2D eigenvalue weighted by molar-refractivity contribution is 0.832. The first-order valence-electron chi connectivity index (χ1n) is 4.77. The first kappa shape index (κ1) is 11.6. The van der Waals surface area contributed by atoms with Gasteiger partial charge in [0.15, 0.2) is 5.96 Å². The second-order valence-electron chi connectivity index (χ2n) is 2.89. The first-order valence-corrected chi connectivity index (χ1v) is 5.65. The summed E-state index contributed by atoms with van der Waals surface area (Å²) < 4.78 is 0. The van der Waals surface area contributed by atoms with Crippen molar-refractivity contribution in [1.82, 2.24) is 10.6 Å². The molecule has 1 aromatic rings. The van der Waals surface area contributed by atoms with E-state index < -0.39 is 0 Å². The topological polar surface area (TPSA) is 36.4 Å². The van der Waals surface area contributed by atoms with E-state index in [1.807, 2.05) is 0 Å². The molecule has 0 amide bonds. The molecule has 0 aliphatic heterocycles. The molecule has 0 bridgehead atoms. The Morgan fingerprint density at radius 1 is 1.60 bits per heavy atom. The summed E-state index contributed by atoms with van der Waals surface area (Å²) in [5, 5.41) is 8.28. The smallest absolute Gasteiger partial charge is 0.191 e. The molecule has 0 aliphatic carbocycles. The Kier molecular flexibility index (Phi) is 5.34. The van der Waals surface area contributed by atoms with Crippen LogP contribution in [-0.2, 0) is 6.42 Å². The molecular formula is C11H15N3S. The number of aliphatic imine (C=N–C) groups is 1. The normalized spacial score (nSPS) is 10.8. The minimum Gasteiger partial charge on any atom is -0.356 e. The summed E-state index contributed by atoms with van der Waals surface area (Å²) in [4.78, 5) is 5.42. The van der Waals surface area contributed by atoms with Crippen LogP contribution in [0, 0.1) is 12.3 Å². The molecule has 0 radical (unpaired) electrons. The Hall–Kier alpha value is -1.47. The zero-order chi connectivity index (χ0) is 10.9. The number of terminal acetylenes is 1. The van der Waals surface area contributed by atoms with E-state index in [1.165, 1.54) is 4.88 Å². The Labute approximate surface area is 94.6 Å². The lowest BCUT2D eigenvalue weighted by Crippen LogP contribution is -2.38. The molecule has 0 spiro atoms. The maximum absolute atomic E-state index is 5.14. The van der Waals surface area contributed by atoms with Gasteiger partial charge in [-0.05, 0) is 17.9 Å². The molecule has 1 heterocycles. The molecule has 4 heteroatoms. The monoisotopic (exact) mass is 221 g/mol. The van der Waals surface area contributed by atoms with Gasteiger partial charge in [-0.2, -0.15) is 0 Å². The van der Waals surface area contributed by atoms with Crippen LogP contribution in [-0.4, -0.2) is 26.1 Å². The number of nitrogens with one attached hydrogen (secondary N) is 2. The third-order valence-electron chi connectivity index (χ3n) is 1.83. The molecule has 0 saturated carbocycles. The molecule has 1 aromatic heterocycles. The molecule has 1 rings (SSSR count). The summed E-state index contributed by atoms with van der Waals surface area (Å²) in [6, 6.07) is 4.19.